The second-order valence-corrected chi connectivity index (χ2v) is 8.59. The van der Waals surface area contributed by atoms with Gasteiger partial charge in [0.25, 0.3) is 0 Å². The molecule has 3 saturated heterocycles. The molecule has 1 spiro atoms. The number of para-hydroxylation sites is 2. The van der Waals surface area contributed by atoms with Gasteiger partial charge in [-0.3, -0.25) is 19.3 Å². The lowest BCUT2D eigenvalue weighted by Gasteiger charge is -2.36. The van der Waals surface area contributed by atoms with E-state index < -0.39 is 35.0 Å². The minimum absolute atomic E-state index is 0.0375. The Labute approximate surface area is 172 Å². The lowest BCUT2D eigenvalue weighted by molar-refractivity contribution is -0.135. The van der Waals surface area contributed by atoms with Gasteiger partial charge in [-0.25, -0.2) is 9.29 Å². The first-order chi connectivity index (χ1) is 14.5. The topological polar surface area (TPSA) is 69.7 Å². The molecule has 1 N–H and O–H groups in total. The van der Waals surface area contributed by atoms with Crippen molar-refractivity contribution in [3.8, 4) is 0 Å². The van der Waals surface area contributed by atoms with Crippen LogP contribution in [0.4, 0.5) is 15.8 Å². The highest BCUT2D eigenvalue weighted by Crippen LogP contribution is 2.61. The van der Waals surface area contributed by atoms with Crippen LogP contribution in [0, 0.1) is 24.6 Å². The predicted molar refractivity (Wildman–Crippen MR) is 107 cm³/mol. The van der Waals surface area contributed by atoms with Crippen LogP contribution in [0.2, 0.25) is 0 Å². The van der Waals surface area contributed by atoms with E-state index in [1.54, 1.807) is 6.07 Å². The molecule has 0 aromatic heterocycles. The number of hydrogen-bond donors (Lipinski definition) is 1. The standard InChI is InChI=1S/C23H20FN3O3/c1-12-6-4-7-13-19(12)25-22(30)23(13)18-17(16-10-5-11-26(16)23)20(28)27(21(18)29)15-9-3-2-8-14(15)24/h2-4,6-9,16-18H,5,10-11H2,1H3,(H,25,30)/t16-,17+,18+,23+/m1/s1. The molecule has 2 aromatic carbocycles. The Morgan fingerprint density at radius 3 is 2.67 bits per heavy atom. The van der Waals surface area contributed by atoms with Gasteiger partial charge in [0.1, 0.15) is 11.4 Å². The molecule has 152 valence electrons. The molecule has 3 fully saturated rings. The van der Waals surface area contributed by atoms with Crippen molar-refractivity contribution in [3.05, 3.63) is 59.4 Å². The number of aryl methyl sites for hydroxylation is 1. The van der Waals surface area contributed by atoms with Gasteiger partial charge < -0.3 is 5.32 Å². The first-order valence-corrected chi connectivity index (χ1v) is 10.3. The van der Waals surface area contributed by atoms with Crippen LogP contribution in [0.25, 0.3) is 0 Å². The van der Waals surface area contributed by atoms with E-state index in [0.717, 1.165) is 34.6 Å². The number of imide groups is 1. The van der Waals surface area contributed by atoms with E-state index in [9.17, 15) is 18.8 Å². The molecule has 4 heterocycles. The second-order valence-electron chi connectivity index (χ2n) is 8.59. The van der Waals surface area contributed by atoms with Crippen LogP contribution in [-0.2, 0) is 19.9 Å². The summed E-state index contributed by atoms with van der Waals surface area (Å²) in [5.41, 5.74) is 1.13. The van der Waals surface area contributed by atoms with Gasteiger partial charge in [-0.05, 0) is 44.0 Å². The summed E-state index contributed by atoms with van der Waals surface area (Å²) in [6.07, 6.45) is 1.59. The molecule has 0 bridgehead atoms. The normalized spacial score (nSPS) is 32.0. The fourth-order valence-corrected chi connectivity index (χ4v) is 6.25. The van der Waals surface area contributed by atoms with Crippen molar-refractivity contribution in [2.45, 2.75) is 31.3 Å². The highest BCUT2D eigenvalue weighted by molar-refractivity contribution is 6.26. The molecule has 0 saturated carbocycles. The zero-order chi connectivity index (χ0) is 20.8. The number of rotatable bonds is 1. The molecule has 6 nitrogen and oxygen atoms in total. The van der Waals surface area contributed by atoms with Crippen LogP contribution in [0.5, 0.6) is 0 Å². The van der Waals surface area contributed by atoms with Crippen molar-refractivity contribution >= 4 is 29.1 Å². The average Bonchev–Trinajstić information content (AvgIpc) is 3.42. The van der Waals surface area contributed by atoms with E-state index in [0.29, 0.717) is 6.54 Å². The highest BCUT2D eigenvalue weighted by atomic mass is 19.1. The largest absolute Gasteiger partial charge is 0.324 e. The predicted octanol–water partition coefficient (Wildman–Crippen LogP) is 2.57. The van der Waals surface area contributed by atoms with E-state index in [4.69, 9.17) is 0 Å². The van der Waals surface area contributed by atoms with Crippen LogP contribution >= 0.6 is 0 Å². The van der Waals surface area contributed by atoms with E-state index >= 15 is 0 Å². The summed E-state index contributed by atoms with van der Waals surface area (Å²) in [6, 6.07) is 11.3. The molecule has 4 aliphatic heterocycles. The van der Waals surface area contributed by atoms with Crippen LogP contribution in [-0.4, -0.2) is 35.2 Å². The Hall–Kier alpha value is -3.06. The van der Waals surface area contributed by atoms with Crippen molar-refractivity contribution in [3.63, 3.8) is 0 Å². The SMILES string of the molecule is Cc1cccc2c1NC(=O)[C@@]21[C@@H]2C(=O)N(c3ccccc3F)C(=O)[C@H]2[C@H]2CCCN21. The number of fused-ring (bicyclic) bond motifs is 7. The molecule has 4 aliphatic rings. The summed E-state index contributed by atoms with van der Waals surface area (Å²) in [4.78, 5) is 43.8. The summed E-state index contributed by atoms with van der Waals surface area (Å²) in [7, 11) is 0. The number of carbonyl (C=O) groups excluding carboxylic acids is 3. The van der Waals surface area contributed by atoms with Crippen LogP contribution in [0.15, 0.2) is 42.5 Å². The second kappa shape index (κ2) is 5.76. The Morgan fingerprint density at radius 2 is 1.87 bits per heavy atom. The number of anilines is 2. The molecule has 7 heteroatoms. The zero-order valence-electron chi connectivity index (χ0n) is 16.4. The van der Waals surface area contributed by atoms with E-state index in [-0.39, 0.29) is 17.6 Å². The average molecular weight is 405 g/mol. The van der Waals surface area contributed by atoms with Gasteiger partial charge in [-0.2, -0.15) is 0 Å². The number of amides is 3. The van der Waals surface area contributed by atoms with Gasteiger partial charge in [0.05, 0.1) is 17.5 Å². The van der Waals surface area contributed by atoms with Gasteiger partial charge in [-0.15, -0.1) is 0 Å². The third kappa shape index (κ3) is 1.85. The summed E-state index contributed by atoms with van der Waals surface area (Å²) < 4.78 is 14.5. The minimum Gasteiger partial charge on any atom is -0.324 e. The molecule has 3 amide bonds. The van der Waals surface area contributed by atoms with Crippen molar-refractivity contribution in [2.75, 3.05) is 16.8 Å². The molecular weight excluding hydrogens is 385 g/mol. The molecule has 30 heavy (non-hydrogen) atoms. The summed E-state index contributed by atoms with van der Waals surface area (Å²) in [5.74, 6) is -3.30. The quantitative estimate of drug-likeness (QED) is 0.741. The number of nitrogens with one attached hydrogen (secondary N) is 1. The number of carbonyl (C=O) groups is 3. The van der Waals surface area contributed by atoms with Crippen molar-refractivity contribution in [1.82, 2.24) is 4.90 Å². The number of halogens is 1. The Kier molecular flexibility index (Phi) is 3.41. The van der Waals surface area contributed by atoms with E-state index in [1.807, 2.05) is 25.1 Å². The molecule has 2 aromatic rings. The van der Waals surface area contributed by atoms with E-state index in [1.165, 1.54) is 18.2 Å². The van der Waals surface area contributed by atoms with E-state index in [2.05, 4.69) is 10.2 Å². The van der Waals surface area contributed by atoms with Crippen LogP contribution < -0.4 is 10.2 Å². The third-order valence-electron chi connectivity index (χ3n) is 7.33. The highest BCUT2D eigenvalue weighted by Gasteiger charge is 2.74. The first-order valence-electron chi connectivity index (χ1n) is 10.3. The smallest absolute Gasteiger partial charge is 0.250 e. The maximum absolute atomic E-state index is 14.5. The number of nitrogens with zero attached hydrogens (tertiary/aromatic N) is 2. The molecule has 6 rings (SSSR count). The van der Waals surface area contributed by atoms with Gasteiger partial charge in [0.2, 0.25) is 17.7 Å². The number of hydrogen-bond acceptors (Lipinski definition) is 4. The summed E-state index contributed by atoms with van der Waals surface area (Å²) in [6.45, 7) is 2.57. The van der Waals surface area contributed by atoms with Gasteiger partial charge in [-0.1, -0.05) is 30.3 Å². The minimum atomic E-state index is -1.22. The summed E-state index contributed by atoms with van der Waals surface area (Å²) in [5, 5.41) is 2.99. The fraction of sp³-hybridized carbons (Fsp3) is 0.348. The number of benzene rings is 2. The van der Waals surface area contributed by atoms with Crippen LogP contribution in [0.1, 0.15) is 24.0 Å². The molecule has 4 atom stereocenters. The fourth-order valence-electron chi connectivity index (χ4n) is 6.25. The monoisotopic (exact) mass is 405 g/mol. The maximum Gasteiger partial charge on any atom is 0.250 e. The van der Waals surface area contributed by atoms with Crippen LogP contribution in [0.3, 0.4) is 0 Å². The zero-order valence-corrected chi connectivity index (χ0v) is 16.4. The molecule has 0 radical (unpaired) electrons. The van der Waals surface area contributed by atoms with Crippen molar-refractivity contribution < 1.29 is 18.8 Å². The Balaban J connectivity index is 1.59. The molecule has 0 aliphatic carbocycles. The summed E-state index contributed by atoms with van der Waals surface area (Å²) >= 11 is 0. The van der Waals surface area contributed by atoms with Crippen molar-refractivity contribution in [1.29, 1.82) is 0 Å². The maximum atomic E-state index is 14.5. The van der Waals surface area contributed by atoms with Gasteiger partial charge >= 0.3 is 0 Å². The lowest BCUT2D eigenvalue weighted by Crippen LogP contribution is -2.54. The van der Waals surface area contributed by atoms with Crippen molar-refractivity contribution in [2.24, 2.45) is 11.8 Å². The van der Waals surface area contributed by atoms with Gasteiger partial charge in [0.15, 0.2) is 0 Å². The Bertz CT molecular complexity index is 1150. The first kappa shape index (κ1) is 17.8. The molecule has 0 unspecified atom stereocenters. The third-order valence-corrected chi connectivity index (χ3v) is 7.33. The Morgan fingerprint density at radius 1 is 1.07 bits per heavy atom. The van der Waals surface area contributed by atoms with Gasteiger partial charge in [0, 0.05) is 17.3 Å². The molecular formula is C23H20FN3O3. The lowest BCUT2D eigenvalue weighted by atomic mass is 9.75.